The normalized spacial score (nSPS) is 10.4. The van der Waals surface area contributed by atoms with E-state index in [1.54, 1.807) is 13.3 Å². The first-order valence-corrected chi connectivity index (χ1v) is 6.10. The van der Waals surface area contributed by atoms with Crippen LogP contribution in [-0.4, -0.2) is 29.7 Å². The molecule has 5 heteroatoms. The van der Waals surface area contributed by atoms with Crippen LogP contribution in [0.5, 0.6) is 5.75 Å². The minimum Gasteiger partial charge on any atom is -0.496 e. The first kappa shape index (κ1) is 13.1. The number of carbonyl (C=O) groups is 1. The standard InChI is InChI=1S/C14H16N2O3/c1-19-12-5-2-4-11-10(12)7-9-16-14(11)15-8-3-6-13(17)18/h2,4-5,7,9H,3,6,8H2,1H3,(H,15,16)(H,17,18). The second kappa shape index (κ2) is 6.04. The maximum atomic E-state index is 10.4. The number of aromatic nitrogens is 1. The molecule has 5 nitrogen and oxygen atoms in total. The number of rotatable bonds is 6. The van der Waals surface area contributed by atoms with Gasteiger partial charge in [-0.05, 0) is 18.6 Å². The summed E-state index contributed by atoms with van der Waals surface area (Å²) in [4.78, 5) is 14.7. The number of carboxylic acids is 1. The zero-order valence-corrected chi connectivity index (χ0v) is 10.7. The summed E-state index contributed by atoms with van der Waals surface area (Å²) in [5, 5.41) is 13.7. The van der Waals surface area contributed by atoms with Crippen molar-refractivity contribution in [2.45, 2.75) is 12.8 Å². The molecule has 2 rings (SSSR count). The summed E-state index contributed by atoms with van der Waals surface area (Å²) in [6.07, 6.45) is 2.43. The van der Waals surface area contributed by atoms with Crippen LogP contribution in [0.3, 0.4) is 0 Å². The lowest BCUT2D eigenvalue weighted by Gasteiger charge is -2.10. The maximum Gasteiger partial charge on any atom is 0.303 e. The molecule has 0 bridgehead atoms. The Labute approximate surface area is 111 Å². The van der Waals surface area contributed by atoms with E-state index in [2.05, 4.69) is 10.3 Å². The van der Waals surface area contributed by atoms with Gasteiger partial charge in [-0.25, -0.2) is 4.98 Å². The van der Waals surface area contributed by atoms with E-state index in [9.17, 15) is 4.79 Å². The fourth-order valence-electron chi connectivity index (χ4n) is 1.94. The molecule has 0 atom stereocenters. The van der Waals surface area contributed by atoms with Crippen molar-refractivity contribution in [3.63, 3.8) is 0 Å². The topological polar surface area (TPSA) is 71.5 Å². The van der Waals surface area contributed by atoms with Gasteiger partial charge in [-0.3, -0.25) is 4.79 Å². The molecule has 0 aliphatic carbocycles. The van der Waals surface area contributed by atoms with E-state index in [0.29, 0.717) is 13.0 Å². The Hall–Kier alpha value is -2.30. The average Bonchev–Trinajstić information content (AvgIpc) is 2.42. The third-order valence-electron chi connectivity index (χ3n) is 2.85. The number of fused-ring (bicyclic) bond motifs is 1. The molecule has 0 aliphatic heterocycles. The van der Waals surface area contributed by atoms with Crippen LogP contribution in [0.25, 0.3) is 10.8 Å². The van der Waals surface area contributed by atoms with Gasteiger partial charge in [0, 0.05) is 29.9 Å². The molecule has 1 aromatic heterocycles. The lowest BCUT2D eigenvalue weighted by atomic mass is 10.1. The fraction of sp³-hybridized carbons (Fsp3) is 0.286. The number of methoxy groups -OCH3 is 1. The molecular formula is C14H16N2O3. The number of aliphatic carboxylic acids is 1. The highest BCUT2D eigenvalue weighted by Crippen LogP contribution is 2.28. The van der Waals surface area contributed by atoms with Gasteiger partial charge in [0.25, 0.3) is 0 Å². The molecule has 0 unspecified atom stereocenters. The minimum absolute atomic E-state index is 0.154. The van der Waals surface area contributed by atoms with E-state index in [1.165, 1.54) is 0 Å². The number of hydrogen-bond acceptors (Lipinski definition) is 4. The van der Waals surface area contributed by atoms with Crippen LogP contribution in [0.15, 0.2) is 30.5 Å². The molecular weight excluding hydrogens is 244 g/mol. The van der Waals surface area contributed by atoms with Gasteiger partial charge in [0.2, 0.25) is 0 Å². The van der Waals surface area contributed by atoms with Crippen molar-refractivity contribution >= 4 is 22.6 Å². The van der Waals surface area contributed by atoms with E-state index in [1.807, 2.05) is 24.3 Å². The number of nitrogens with one attached hydrogen (secondary N) is 1. The second-order valence-electron chi connectivity index (χ2n) is 4.14. The quantitative estimate of drug-likeness (QED) is 0.781. The van der Waals surface area contributed by atoms with E-state index < -0.39 is 5.97 Å². The van der Waals surface area contributed by atoms with Crippen molar-refractivity contribution in [1.29, 1.82) is 0 Å². The molecule has 100 valence electrons. The van der Waals surface area contributed by atoms with Crippen molar-refractivity contribution in [3.8, 4) is 5.75 Å². The zero-order valence-electron chi connectivity index (χ0n) is 10.7. The monoisotopic (exact) mass is 260 g/mol. The molecule has 0 radical (unpaired) electrons. The summed E-state index contributed by atoms with van der Waals surface area (Å²) in [7, 11) is 1.63. The fourth-order valence-corrected chi connectivity index (χ4v) is 1.94. The van der Waals surface area contributed by atoms with Crippen LogP contribution in [-0.2, 0) is 4.79 Å². The molecule has 0 amide bonds. The van der Waals surface area contributed by atoms with Gasteiger partial charge in [0.05, 0.1) is 7.11 Å². The predicted octanol–water partition coefficient (Wildman–Crippen LogP) is 2.52. The Morgan fingerprint density at radius 2 is 2.21 bits per heavy atom. The van der Waals surface area contributed by atoms with Gasteiger partial charge in [-0.15, -0.1) is 0 Å². The van der Waals surface area contributed by atoms with Crippen molar-refractivity contribution in [3.05, 3.63) is 30.5 Å². The Bertz CT molecular complexity index is 584. The predicted molar refractivity (Wildman–Crippen MR) is 73.7 cm³/mol. The van der Waals surface area contributed by atoms with Crippen LogP contribution in [0, 0.1) is 0 Å². The number of hydrogen-bond donors (Lipinski definition) is 2. The van der Waals surface area contributed by atoms with Crippen LogP contribution in [0.4, 0.5) is 5.82 Å². The third-order valence-corrected chi connectivity index (χ3v) is 2.85. The summed E-state index contributed by atoms with van der Waals surface area (Å²) in [6.45, 7) is 0.579. The summed E-state index contributed by atoms with van der Waals surface area (Å²) in [5.74, 6) is 0.768. The Kier molecular flexibility index (Phi) is 4.18. The van der Waals surface area contributed by atoms with Gasteiger partial charge in [-0.2, -0.15) is 0 Å². The van der Waals surface area contributed by atoms with Crippen LogP contribution < -0.4 is 10.1 Å². The second-order valence-corrected chi connectivity index (χ2v) is 4.14. The Morgan fingerprint density at radius 1 is 1.37 bits per heavy atom. The highest BCUT2D eigenvalue weighted by molar-refractivity contribution is 5.95. The summed E-state index contributed by atoms with van der Waals surface area (Å²) in [6, 6.07) is 7.67. The van der Waals surface area contributed by atoms with Crippen molar-refractivity contribution in [1.82, 2.24) is 4.98 Å². The van der Waals surface area contributed by atoms with E-state index in [0.717, 1.165) is 22.3 Å². The molecule has 0 saturated carbocycles. The summed E-state index contributed by atoms with van der Waals surface area (Å²) < 4.78 is 5.31. The molecule has 0 spiro atoms. The van der Waals surface area contributed by atoms with E-state index in [4.69, 9.17) is 9.84 Å². The van der Waals surface area contributed by atoms with Gasteiger partial charge >= 0.3 is 5.97 Å². The molecule has 0 fully saturated rings. The van der Waals surface area contributed by atoms with E-state index >= 15 is 0 Å². The number of ether oxygens (including phenoxy) is 1. The number of anilines is 1. The first-order valence-electron chi connectivity index (χ1n) is 6.10. The zero-order chi connectivity index (χ0) is 13.7. The summed E-state index contributed by atoms with van der Waals surface area (Å²) >= 11 is 0. The van der Waals surface area contributed by atoms with Crippen LogP contribution in [0.1, 0.15) is 12.8 Å². The first-order chi connectivity index (χ1) is 9.22. The van der Waals surface area contributed by atoms with Gasteiger partial charge < -0.3 is 15.2 Å². The van der Waals surface area contributed by atoms with E-state index in [-0.39, 0.29) is 6.42 Å². The average molecular weight is 260 g/mol. The maximum absolute atomic E-state index is 10.4. The highest BCUT2D eigenvalue weighted by atomic mass is 16.5. The minimum atomic E-state index is -0.783. The molecule has 1 heterocycles. The molecule has 0 saturated heterocycles. The SMILES string of the molecule is COc1cccc2c(NCCCC(=O)O)nccc12. The Balaban J connectivity index is 2.17. The molecule has 19 heavy (non-hydrogen) atoms. The van der Waals surface area contributed by atoms with Gasteiger partial charge in [-0.1, -0.05) is 12.1 Å². The van der Waals surface area contributed by atoms with Crippen molar-refractivity contribution < 1.29 is 14.6 Å². The smallest absolute Gasteiger partial charge is 0.303 e. The molecule has 2 aromatic rings. The highest BCUT2D eigenvalue weighted by Gasteiger charge is 2.06. The van der Waals surface area contributed by atoms with Crippen molar-refractivity contribution in [2.75, 3.05) is 19.0 Å². The Morgan fingerprint density at radius 3 is 2.95 bits per heavy atom. The number of carboxylic acid groups (broad SMARTS) is 1. The lowest BCUT2D eigenvalue weighted by molar-refractivity contribution is -0.137. The molecule has 0 aliphatic rings. The number of pyridine rings is 1. The van der Waals surface area contributed by atoms with Crippen LogP contribution in [0.2, 0.25) is 0 Å². The van der Waals surface area contributed by atoms with Crippen LogP contribution >= 0.6 is 0 Å². The molecule has 1 aromatic carbocycles. The third kappa shape index (κ3) is 3.13. The van der Waals surface area contributed by atoms with Crippen molar-refractivity contribution in [2.24, 2.45) is 0 Å². The van der Waals surface area contributed by atoms with Gasteiger partial charge in [0.15, 0.2) is 0 Å². The van der Waals surface area contributed by atoms with Gasteiger partial charge in [0.1, 0.15) is 11.6 Å². The number of nitrogens with zero attached hydrogens (tertiary/aromatic N) is 1. The summed E-state index contributed by atoms with van der Waals surface area (Å²) in [5.41, 5.74) is 0. The number of benzene rings is 1. The molecule has 2 N–H and O–H groups in total. The lowest BCUT2D eigenvalue weighted by Crippen LogP contribution is -2.06. The largest absolute Gasteiger partial charge is 0.496 e.